The van der Waals surface area contributed by atoms with Crippen LogP contribution in [0.3, 0.4) is 0 Å². The molecule has 0 fully saturated rings. The molecule has 0 atom stereocenters. The van der Waals surface area contributed by atoms with Crippen molar-refractivity contribution in [3.05, 3.63) is 66.4 Å². The van der Waals surface area contributed by atoms with Gasteiger partial charge in [-0.1, -0.05) is 30.0 Å². The summed E-state index contributed by atoms with van der Waals surface area (Å²) in [5.74, 6) is 2.13. The van der Waals surface area contributed by atoms with Crippen molar-refractivity contribution in [1.29, 1.82) is 0 Å². The number of fused-ring (bicyclic) bond motifs is 4. The molecule has 0 saturated heterocycles. The molecular formula is C24H19N5O3S. The molecule has 6 rings (SSSR count). The van der Waals surface area contributed by atoms with Crippen LogP contribution in [0.2, 0.25) is 0 Å². The summed E-state index contributed by atoms with van der Waals surface area (Å²) in [4.78, 5) is 19.8. The summed E-state index contributed by atoms with van der Waals surface area (Å²) in [5.41, 5.74) is 3.36. The zero-order valence-electron chi connectivity index (χ0n) is 17.8. The Morgan fingerprint density at radius 1 is 1.12 bits per heavy atom. The number of anilines is 1. The lowest BCUT2D eigenvalue weighted by Crippen LogP contribution is -2.39. The highest BCUT2D eigenvalue weighted by molar-refractivity contribution is 7.99. The molecule has 0 aliphatic carbocycles. The number of benzene rings is 2. The molecule has 5 aromatic rings. The fraction of sp³-hybridized carbons (Fsp3) is 0.167. The average molecular weight is 458 g/mol. The van der Waals surface area contributed by atoms with E-state index in [0.717, 1.165) is 27.9 Å². The van der Waals surface area contributed by atoms with Gasteiger partial charge in [0.05, 0.1) is 29.8 Å². The van der Waals surface area contributed by atoms with E-state index in [4.69, 9.17) is 14.1 Å². The van der Waals surface area contributed by atoms with Crippen LogP contribution >= 0.6 is 11.8 Å². The van der Waals surface area contributed by atoms with Crippen LogP contribution in [0.15, 0.2) is 70.4 Å². The third kappa shape index (κ3) is 3.41. The molecule has 1 amide bonds. The van der Waals surface area contributed by atoms with Crippen LogP contribution in [-0.2, 0) is 4.79 Å². The van der Waals surface area contributed by atoms with E-state index in [0.29, 0.717) is 35.5 Å². The largest absolute Gasteiger partial charge is 0.490 e. The normalized spacial score (nSPS) is 13.3. The highest BCUT2D eigenvalue weighted by Gasteiger charge is 2.25. The highest BCUT2D eigenvalue weighted by Crippen LogP contribution is 2.34. The summed E-state index contributed by atoms with van der Waals surface area (Å²) < 4.78 is 13.2. The van der Waals surface area contributed by atoms with Crippen LogP contribution in [0.1, 0.15) is 5.56 Å². The maximum atomic E-state index is 13.2. The third-order valence-corrected chi connectivity index (χ3v) is 6.48. The molecule has 0 radical (unpaired) electrons. The first-order valence-electron chi connectivity index (χ1n) is 10.5. The van der Waals surface area contributed by atoms with Gasteiger partial charge in [0.2, 0.25) is 5.91 Å². The monoisotopic (exact) mass is 457 g/mol. The van der Waals surface area contributed by atoms with Crippen molar-refractivity contribution < 1.29 is 13.9 Å². The summed E-state index contributed by atoms with van der Waals surface area (Å²) in [6.07, 6.45) is 1.61. The zero-order chi connectivity index (χ0) is 22.4. The summed E-state index contributed by atoms with van der Waals surface area (Å²) >= 11 is 1.33. The Kier molecular flexibility index (Phi) is 4.76. The first-order chi connectivity index (χ1) is 16.2. The zero-order valence-corrected chi connectivity index (χ0v) is 18.6. The fourth-order valence-electron chi connectivity index (χ4n) is 4.02. The molecule has 4 heterocycles. The van der Waals surface area contributed by atoms with Gasteiger partial charge in [0.15, 0.2) is 22.4 Å². The van der Waals surface area contributed by atoms with Crippen molar-refractivity contribution in [1.82, 2.24) is 19.6 Å². The van der Waals surface area contributed by atoms with Crippen molar-refractivity contribution in [3.63, 3.8) is 0 Å². The van der Waals surface area contributed by atoms with Crippen LogP contribution < -0.4 is 9.64 Å². The number of hydrogen-bond acceptors (Lipinski definition) is 7. The molecule has 9 heteroatoms. The van der Waals surface area contributed by atoms with E-state index < -0.39 is 0 Å². The predicted octanol–water partition coefficient (Wildman–Crippen LogP) is 4.36. The third-order valence-electron chi connectivity index (χ3n) is 5.56. The maximum absolute atomic E-state index is 13.2. The van der Waals surface area contributed by atoms with Crippen LogP contribution in [0.5, 0.6) is 5.75 Å². The SMILES string of the molecule is Cc1ccc2c(c1)N(C(=O)CSc1nnc3c4ccccc4nc(-c4ccco4)n13)CCO2. The van der Waals surface area contributed by atoms with Crippen LogP contribution in [0.25, 0.3) is 28.1 Å². The number of nitrogens with zero attached hydrogens (tertiary/aromatic N) is 5. The fourth-order valence-corrected chi connectivity index (χ4v) is 4.82. The Hall–Kier alpha value is -3.85. The van der Waals surface area contributed by atoms with Gasteiger partial charge in [-0.3, -0.25) is 9.20 Å². The van der Waals surface area contributed by atoms with E-state index >= 15 is 0 Å². The molecule has 0 bridgehead atoms. The number of rotatable bonds is 4. The predicted molar refractivity (Wildman–Crippen MR) is 126 cm³/mol. The van der Waals surface area contributed by atoms with Crippen molar-refractivity contribution in [2.75, 3.05) is 23.8 Å². The second-order valence-electron chi connectivity index (χ2n) is 7.73. The first kappa shape index (κ1) is 19.8. The van der Waals surface area contributed by atoms with Gasteiger partial charge in [0, 0.05) is 5.39 Å². The molecular weight excluding hydrogens is 438 g/mol. The summed E-state index contributed by atoms with van der Waals surface area (Å²) in [5, 5.41) is 10.3. The molecule has 0 spiro atoms. The van der Waals surface area contributed by atoms with Crippen molar-refractivity contribution >= 4 is 39.9 Å². The molecule has 33 heavy (non-hydrogen) atoms. The highest BCUT2D eigenvalue weighted by atomic mass is 32.2. The molecule has 164 valence electrons. The van der Waals surface area contributed by atoms with E-state index in [9.17, 15) is 4.79 Å². The number of carbonyl (C=O) groups is 1. The molecule has 0 saturated carbocycles. The van der Waals surface area contributed by atoms with Crippen LogP contribution in [-0.4, -0.2) is 44.4 Å². The number of furan rings is 1. The van der Waals surface area contributed by atoms with Crippen molar-refractivity contribution in [2.45, 2.75) is 12.1 Å². The Morgan fingerprint density at radius 2 is 2.03 bits per heavy atom. The van der Waals surface area contributed by atoms with Gasteiger partial charge >= 0.3 is 0 Å². The van der Waals surface area contributed by atoms with E-state index in [-0.39, 0.29) is 11.7 Å². The molecule has 0 N–H and O–H groups in total. The van der Waals surface area contributed by atoms with E-state index in [1.165, 1.54) is 11.8 Å². The molecule has 1 aliphatic heterocycles. The number of ether oxygens (including phenoxy) is 1. The van der Waals surface area contributed by atoms with Crippen molar-refractivity contribution in [2.24, 2.45) is 0 Å². The number of carbonyl (C=O) groups excluding carboxylic acids is 1. The molecule has 0 unspecified atom stereocenters. The molecule has 2 aromatic carbocycles. The summed E-state index contributed by atoms with van der Waals surface area (Å²) in [6, 6.07) is 17.3. The number of para-hydroxylation sites is 1. The summed E-state index contributed by atoms with van der Waals surface area (Å²) in [6.45, 7) is 2.99. The molecule has 1 aliphatic rings. The van der Waals surface area contributed by atoms with Gasteiger partial charge in [-0.2, -0.15) is 0 Å². The van der Waals surface area contributed by atoms with Gasteiger partial charge in [-0.05, 0) is 48.9 Å². The number of aryl methyl sites for hydroxylation is 1. The summed E-state index contributed by atoms with van der Waals surface area (Å²) in [7, 11) is 0. The maximum Gasteiger partial charge on any atom is 0.237 e. The lowest BCUT2D eigenvalue weighted by atomic mass is 10.1. The Morgan fingerprint density at radius 3 is 2.91 bits per heavy atom. The Balaban J connectivity index is 1.36. The Bertz CT molecular complexity index is 1500. The van der Waals surface area contributed by atoms with Gasteiger partial charge < -0.3 is 14.1 Å². The van der Waals surface area contributed by atoms with E-state index in [1.807, 2.05) is 65.9 Å². The first-order valence-corrected chi connectivity index (χ1v) is 11.5. The number of thioether (sulfide) groups is 1. The van der Waals surface area contributed by atoms with Crippen LogP contribution in [0, 0.1) is 6.92 Å². The lowest BCUT2D eigenvalue weighted by Gasteiger charge is -2.29. The average Bonchev–Trinajstić information content (AvgIpc) is 3.52. The second kappa shape index (κ2) is 7.93. The van der Waals surface area contributed by atoms with Gasteiger partial charge in [-0.25, -0.2) is 4.98 Å². The van der Waals surface area contributed by atoms with Gasteiger partial charge in [0.1, 0.15) is 12.4 Å². The number of hydrogen-bond donors (Lipinski definition) is 0. The van der Waals surface area contributed by atoms with Crippen LogP contribution in [0.4, 0.5) is 5.69 Å². The lowest BCUT2D eigenvalue weighted by molar-refractivity contribution is -0.116. The van der Waals surface area contributed by atoms with E-state index in [1.54, 1.807) is 11.2 Å². The quantitative estimate of drug-likeness (QED) is 0.371. The second-order valence-corrected chi connectivity index (χ2v) is 8.67. The smallest absolute Gasteiger partial charge is 0.237 e. The minimum Gasteiger partial charge on any atom is -0.490 e. The number of amides is 1. The van der Waals surface area contributed by atoms with Gasteiger partial charge in [-0.15, -0.1) is 10.2 Å². The minimum atomic E-state index is -0.0137. The standard InChI is InChI=1S/C24H19N5O3S/c1-15-8-9-19-18(13-15)28(10-12-32-19)21(30)14-33-24-27-26-22-16-5-2-3-6-17(16)25-23(29(22)24)20-7-4-11-31-20/h2-9,11,13H,10,12,14H2,1H3. The topological polar surface area (TPSA) is 85.8 Å². The van der Waals surface area contributed by atoms with Gasteiger partial charge in [0.25, 0.3) is 0 Å². The van der Waals surface area contributed by atoms with Crippen molar-refractivity contribution in [3.8, 4) is 17.3 Å². The molecule has 8 nitrogen and oxygen atoms in total. The number of aromatic nitrogens is 4. The Labute approximate surface area is 193 Å². The molecule has 3 aromatic heterocycles. The van der Waals surface area contributed by atoms with E-state index in [2.05, 4.69) is 10.2 Å². The minimum absolute atomic E-state index is 0.0137.